The van der Waals surface area contributed by atoms with E-state index in [-0.39, 0.29) is 12.5 Å². The van der Waals surface area contributed by atoms with E-state index in [9.17, 15) is 9.59 Å². The first-order chi connectivity index (χ1) is 9.99. The molecular weight excluding hydrogens is 315 g/mol. The van der Waals surface area contributed by atoms with E-state index in [4.69, 9.17) is 28.3 Å². The van der Waals surface area contributed by atoms with Gasteiger partial charge in [0.25, 0.3) is 0 Å². The maximum absolute atomic E-state index is 11.6. The molecule has 1 aromatic carbocycles. The number of urea groups is 1. The number of anilines is 1. The quantitative estimate of drug-likeness (QED) is 0.625. The topological polar surface area (TPSA) is 78.4 Å². The molecule has 5 nitrogen and oxygen atoms in total. The van der Waals surface area contributed by atoms with Crippen molar-refractivity contribution in [2.45, 2.75) is 32.1 Å². The first-order valence-corrected chi connectivity index (χ1v) is 7.46. The minimum atomic E-state index is -0.771. The van der Waals surface area contributed by atoms with Crippen LogP contribution in [0.2, 0.25) is 10.0 Å². The van der Waals surface area contributed by atoms with Gasteiger partial charge in [-0.1, -0.05) is 36.0 Å². The van der Waals surface area contributed by atoms with Crippen LogP contribution in [-0.4, -0.2) is 23.7 Å². The summed E-state index contributed by atoms with van der Waals surface area (Å²) >= 11 is 11.7. The first kappa shape index (κ1) is 17.6. The zero-order valence-electron chi connectivity index (χ0n) is 11.5. The Labute approximate surface area is 133 Å². The molecule has 0 aliphatic heterocycles. The van der Waals surface area contributed by atoms with Crippen molar-refractivity contribution in [3.05, 3.63) is 28.2 Å². The number of carbonyl (C=O) groups excluding carboxylic acids is 1. The van der Waals surface area contributed by atoms with Crippen LogP contribution < -0.4 is 10.6 Å². The van der Waals surface area contributed by atoms with Gasteiger partial charge < -0.3 is 15.7 Å². The van der Waals surface area contributed by atoms with E-state index < -0.39 is 5.97 Å². The van der Waals surface area contributed by atoms with Gasteiger partial charge in [-0.25, -0.2) is 4.79 Å². The number of unbranched alkanes of at least 4 members (excludes halogenated alkanes) is 3. The minimum Gasteiger partial charge on any atom is -0.481 e. The summed E-state index contributed by atoms with van der Waals surface area (Å²) in [6.45, 7) is 0.532. The van der Waals surface area contributed by atoms with E-state index in [2.05, 4.69) is 10.6 Å². The summed E-state index contributed by atoms with van der Waals surface area (Å²) in [5, 5.41) is 14.7. The average Bonchev–Trinajstić information content (AvgIpc) is 2.40. The van der Waals surface area contributed by atoms with Crippen molar-refractivity contribution in [2.75, 3.05) is 11.9 Å². The molecule has 116 valence electrons. The Morgan fingerprint density at radius 2 is 1.81 bits per heavy atom. The normalized spacial score (nSPS) is 10.2. The van der Waals surface area contributed by atoms with E-state index in [1.54, 1.807) is 18.2 Å². The fraction of sp³-hybridized carbons (Fsp3) is 0.429. The molecule has 0 aliphatic rings. The molecule has 0 bridgehead atoms. The van der Waals surface area contributed by atoms with Gasteiger partial charge >= 0.3 is 12.0 Å². The van der Waals surface area contributed by atoms with E-state index >= 15 is 0 Å². The third-order valence-electron chi connectivity index (χ3n) is 2.78. The van der Waals surface area contributed by atoms with Gasteiger partial charge in [0.15, 0.2) is 0 Å². The van der Waals surface area contributed by atoms with Crippen molar-refractivity contribution in [3.63, 3.8) is 0 Å². The number of amides is 2. The third kappa shape index (κ3) is 7.78. The number of hydrogen-bond acceptors (Lipinski definition) is 2. The number of halogens is 2. The molecule has 0 atom stereocenters. The van der Waals surface area contributed by atoms with Crippen LogP contribution >= 0.6 is 23.2 Å². The minimum absolute atomic E-state index is 0.197. The number of rotatable bonds is 8. The van der Waals surface area contributed by atoms with Crippen molar-refractivity contribution in [2.24, 2.45) is 0 Å². The summed E-state index contributed by atoms with van der Waals surface area (Å²) < 4.78 is 0. The van der Waals surface area contributed by atoms with E-state index in [1.807, 2.05) is 0 Å². The Kier molecular flexibility index (Phi) is 7.93. The molecule has 0 radical (unpaired) electrons. The van der Waals surface area contributed by atoms with Gasteiger partial charge in [-0.15, -0.1) is 0 Å². The fourth-order valence-electron chi connectivity index (χ4n) is 1.71. The van der Waals surface area contributed by atoms with Gasteiger partial charge in [0.1, 0.15) is 0 Å². The number of carbonyl (C=O) groups is 2. The van der Waals surface area contributed by atoms with Gasteiger partial charge in [-0.2, -0.15) is 0 Å². The van der Waals surface area contributed by atoms with Crippen LogP contribution in [0.1, 0.15) is 32.1 Å². The number of hydrogen-bond donors (Lipinski definition) is 3. The Balaban J connectivity index is 2.15. The van der Waals surface area contributed by atoms with E-state index in [0.717, 1.165) is 19.3 Å². The molecule has 1 aromatic rings. The fourth-order valence-corrected chi connectivity index (χ4v) is 2.17. The lowest BCUT2D eigenvalue weighted by Crippen LogP contribution is -2.29. The highest BCUT2D eigenvalue weighted by Gasteiger charge is 2.05. The molecular formula is C14H18Cl2N2O3. The molecule has 0 unspecified atom stereocenters. The molecule has 7 heteroatoms. The molecule has 0 saturated heterocycles. The van der Waals surface area contributed by atoms with Gasteiger partial charge in [0.05, 0.1) is 10.7 Å². The second-order valence-electron chi connectivity index (χ2n) is 4.56. The van der Waals surface area contributed by atoms with Crippen molar-refractivity contribution < 1.29 is 14.7 Å². The lowest BCUT2D eigenvalue weighted by Gasteiger charge is -2.09. The van der Waals surface area contributed by atoms with Crippen molar-refractivity contribution in [1.29, 1.82) is 0 Å². The van der Waals surface area contributed by atoms with Crippen molar-refractivity contribution in [3.8, 4) is 0 Å². The zero-order chi connectivity index (χ0) is 15.7. The van der Waals surface area contributed by atoms with Crippen LogP contribution in [0.15, 0.2) is 18.2 Å². The smallest absolute Gasteiger partial charge is 0.319 e. The number of aliphatic carboxylic acids is 1. The van der Waals surface area contributed by atoms with Gasteiger partial charge in [0, 0.05) is 18.0 Å². The molecule has 0 aromatic heterocycles. The van der Waals surface area contributed by atoms with Crippen molar-refractivity contribution in [1.82, 2.24) is 5.32 Å². The highest BCUT2D eigenvalue weighted by Crippen LogP contribution is 2.25. The second-order valence-corrected chi connectivity index (χ2v) is 5.41. The predicted molar refractivity (Wildman–Crippen MR) is 84.2 cm³/mol. The highest BCUT2D eigenvalue weighted by atomic mass is 35.5. The molecule has 2 amide bonds. The number of benzene rings is 1. The van der Waals surface area contributed by atoms with Gasteiger partial charge in [-0.05, 0) is 31.0 Å². The van der Waals surface area contributed by atoms with Gasteiger partial charge in [-0.3, -0.25) is 4.79 Å². The van der Waals surface area contributed by atoms with E-state index in [0.29, 0.717) is 28.7 Å². The second kappa shape index (κ2) is 9.47. The Morgan fingerprint density at radius 3 is 2.48 bits per heavy atom. The molecule has 0 spiro atoms. The molecule has 3 N–H and O–H groups in total. The van der Waals surface area contributed by atoms with Crippen LogP contribution in [0, 0.1) is 0 Å². The molecule has 0 aliphatic carbocycles. The molecule has 1 rings (SSSR count). The SMILES string of the molecule is O=C(O)CCCCCCNC(=O)Nc1ccc(Cl)cc1Cl. The number of nitrogens with one attached hydrogen (secondary N) is 2. The van der Waals surface area contributed by atoms with Crippen LogP contribution in [0.25, 0.3) is 0 Å². The van der Waals surface area contributed by atoms with Crippen LogP contribution in [0.4, 0.5) is 10.5 Å². The van der Waals surface area contributed by atoms with Gasteiger partial charge in [0.2, 0.25) is 0 Å². The summed E-state index contributed by atoms with van der Waals surface area (Å²) in [6, 6.07) is 4.51. The Hall–Kier alpha value is -1.46. The average molecular weight is 333 g/mol. The largest absolute Gasteiger partial charge is 0.481 e. The van der Waals surface area contributed by atoms with E-state index in [1.165, 1.54) is 0 Å². The summed E-state index contributed by atoms with van der Waals surface area (Å²) in [4.78, 5) is 22.0. The molecule has 0 heterocycles. The molecule has 0 saturated carbocycles. The monoisotopic (exact) mass is 332 g/mol. The summed E-state index contributed by atoms with van der Waals surface area (Å²) in [5.74, 6) is -0.771. The summed E-state index contributed by atoms with van der Waals surface area (Å²) in [5.41, 5.74) is 0.500. The first-order valence-electron chi connectivity index (χ1n) is 6.70. The standard InChI is InChI=1S/C14H18Cl2N2O3/c15-10-6-7-12(11(16)9-10)18-14(21)17-8-4-2-1-3-5-13(19)20/h6-7,9H,1-5,8H2,(H,19,20)(H2,17,18,21). The van der Waals surface area contributed by atoms with Crippen LogP contribution in [0.5, 0.6) is 0 Å². The highest BCUT2D eigenvalue weighted by molar-refractivity contribution is 6.36. The third-order valence-corrected chi connectivity index (χ3v) is 3.33. The maximum atomic E-state index is 11.6. The molecule has 0 fully saturated rings. The number of carboxylic acid groups (broad SMARTS) is 1. The lowest BCUT2D eigenvalue weighted by atomic mass is 10.1. The summed E-state index contributed by atoms with van der Waals surface area (Å²) in [7, 11) is 0. The predicted octanol–water partition coefficient (Wildman–Crippen LogP) is 4.15. The summed E-state index contributed by atoms with van der Waals surface area (Å²) in [6.07, 6.45) is 3.40. The Bertz CT molecular complexity index is 495. The van der Waals surface area contributed by atoms with Crippen molar-refractivity contribution >= 4 is 40.9 Å². The van der Waals surface area contributed by atoms with Crippen LogP contribution in [0.3, 0.4) is 0 Å². The Morgan fingerprint density at radius 1 is 1.10 bits per heavy atom. The zero-order valence-corrected chi connectivity index (χ0v) is 13.0. The number of carboxylic acids is 1. The lowest BCUT2D eigenvalue weighted by molar-refractivity contribution is -0.137. The van der Waals surface area contributed by atoms with Crippen LogP contribution in [-0.2, 0) is 4.79 Å². The maximum Gasteiger partial charge on any atom is 0.319 e. The molecule has 21 heavy (non-hydrogen) atoms.